The summed E-state index contributed by atoms with van der Waals surface area (Å²) >= 11 is 9.44. The third-order valence-electron chi connectivity index (χ3n) is 2.52. The van der Waals surface area contributed by atoms with E-state index in [2.05, 4.69) is 36.5 Å². The zero-order chi connectivity index (χ0) is 14.4. The molecule has 0 fully saturated rings. The summed E-state index contributed by atoms with van der Waals surface area (Å²) in [4.78, 5) is 8.50. The minimum atomic E-state index is 0.489. The Hall–Kier alpha value is -1.37. The molecule has 20 heavy (non-hydrogen) atoms. The predicted octanol–water partition coefficient (Wildman–Crippen LogP) is 3.40. The molecule has 106 valence electrons. The lowest BCUT2D eigenvalue weighted by molar-refractivity contribution is 0.869. The molecule has 0 bridgehead atoms. The standard InChI is InChI=1S/C13H15BrClN5/c14-9-2-4-10(5-3-9)19-13-18-8-11(15)12(20-13)17-7-1-6-16/h2-5,8H,1,6-7,16H2,(H2,17,18,19,20). The molecular formula is C13H15BrClN5. The molecule has 0 atom stereocenters. The zero-order valence-electron chi connectivity index (χ0n) is 10.7. The molecule has 0 saturated heterocycles. The Bertz CT molecular complexity index is 561. The van der Waals surface area contributed by atoms with Gasteiger partial charge in [0.15, 0.2) is 0 Å². The average Bonchev–Trinajstić information content (AvgIpc) is 2.45. The van der Waals surface area contributed by atoms with Crippen LogP contribution in [0.5, 0.6) is 0 Å². The Kier molecular flexibility index (Phi) is 5.58. The first-order valence-corrected chi connectivity index (χ1v) is 7.35. The van der Waals surface area contributed by atoms with Crippen LogP contribution in [0.1, 0.15) is 6.42 Å². The number of aromatic nitrogens is 2. The van der Waals surface area contributed by atoms with Gasteiger partial charge < -0.3 is 16.4 Å². The van der Waals surface area contributed by atoms with E-state index in [4.69, 9.17) is 17.3 Å². The minimum absolute atomic E-state index is 0.489. The molecule has 5 nitrogen and oxygen atoms in total. The lowest BCUT2D eigenvalue weighted by atomic mass is 10.3. The SMILES string of the molecule is NCCCNc1nc(Nc2ccc(Br)cc2)ncc1Cl. The molecule has 2 aromatic rings. The van der Waals surface area contributed by atoms with E-state index in [0.29, 0.717) is 23.3 Å². The van der Waals surface area contributed by atoms with Crippen molar-refractivity contribution in [2.45, 2.75) is 6.42 Å². The summed E-state index contributed by atoms with van der Waals surface area (Å²) in [6.07, 6.45) is 2.43. The van der Waals surface area contributed by atoms with Crippen molar-refractivity contribution < 1.29 is 0 Å². The third kappa shape index (κ3) is 4.33. The van der Waals surface area contributed by atoms with E-state index in [0.717, 1.165) is 23.1 Å². The number of nitrogens with two attached hydrogens (primary N) is 1. The van der Waals surface area contributed by atoms with Crippen LogP contribution < -0.4 is 16.4 Å². The molecule has 0 unspecified atom stereocenters. The van der Waals surface area contributed by atoms with E-state index in [-0.39, 0.29) is 0 Å². The van der Waals surface area contributed by atoms with Gasteiger partial charge in [0.1, 0.15) is 10.8 Å². The van der Waals surface area contributed by atoms with Gasteiger partial charge in [-0.3, -0.25) is 0 Å². The highest BCUT2D eigenvalue weighted by Gasteiger charge is 2.05. The lowest BCUT2D eigenvalue weighted by Gasteiger charge is -2.09. The molecule has 4 N–H and O–H groups in total. The molecule has 0 amide bonds. The van der Waals surface area contributed by atoms with E-state index >= 15 is 0 Å². The Balaban J connectivity index is 2.08. The van der Waals surface area contributed by atoms with Crippen molar-refractivity contribution in [3.8, 4) is 0 Å². The van der Waals surface area contributed by atoms with Gasteiger partial charge >= 0.3 is 0 Å². The molecule has 0 saturated carbocycles. The zero-order valence-corrected chi connectivity index (χ0v) is 13.1. The molecule has 0 spiro atoms. The number of nitrogens with one attached hydrogen (secondary N) is 2. The topological polar surface area (TPSA) is 75.9 Å². The van der Waals surface area contributed by atoms with Crippen molar-refractivity contribution >= 4 is 45.0 Å². The van der Waals surface area contributed by atoms with Crippen molar-refractivity contribution in [1.82, 2.24) is 9.97 Å². The second-order valence-electron chi connectivity index (χ2n) is 4.09. The summed E-state index contributed by atoms with van der Waals surface area (Å²) < 4.78 is 1.02. The number of hydrogen-bond donors (Lipinski definition) is 3. The maximum Gasteiger partial charge on any atom is 0.229 e. The summed E-state index contributed by atoms with van der Waals surface area (Å²) in [6, 6.07) is 7.75. The molecule has 1 aromatic heterocycles. The molecular weight excluding hydrogens is 342 g/mol. The predicted molar refractivity (Wildman–Crippen MR) is 86.6 cm³/mol. The van der Waals surface area contributed by atoms with Crippen molar-refractivity contribution in [3.05, 3.63) is 40.0 Å². The second kappa shape index (κ2) is 7.42. The van der Waals surface area contributed by atoms with Gasteiger partial charge in [0.05, 0.1) is 6.20 Å². The average molecular weight is 357 g/mol. The van der Waals surface area contributed by atoms with Crippen LogP contribution >= 0.6 is 27.5 Å². The first kappa shape index (κ1) is 15.0. The van der Waals surface area contributed by atoms with Crippen LogP contribution in [0.15, 0.2) is 34.9 Å². The normalized spacial score (nSPS) is 10.3. The molecule has 2 rings (SSSR count). The van der Waals surface area contributed by atoms with E-state index in [9.17, 15) is 0 Å². The second-order valence-corrected chi connectivity index (χ2v) is 5.41. The molecule has 1 aromatic carbocycles. The van der Waals surface area contributed by atoms with Gasteiger partial charge in [0.25, 0.3) is 0 Å². The number of halogens is 2. The van der Waals surface area contributed by atoms with Crippen molar-refractivity contribution in [2.75, 3.05) is 23.7 Å². The van der Waals surface area contributed by atoms with Gasteiger partial charge in [-0.2, -0.15) is 4.98 Å². The third-order valence-corrected chi connectivity index (χ3v) is 3.32. The highest BCUT2D eigenvalue weighted by molar-refractivity contribution is 9.10. The van der Waals surface area contributed by atoms with Gasteiger partial charge in [0, 0.05) is 16.7 Å². The number of anilines is 3. The fraction of sp³-hybridized carbons (Fsp3) is 0.231. The van der Waals surface area contributed by atoms with Crippen LogP contribution in [0.2, 0.25) is 5.02 Å². The van der Waals surface area contributed by atoms with Gasteiger partial charge in [0.2, 0.25) is 5.95 Å². The number of hydrogen-bond acceptors (Lipinski definition) is 5. The van der Waals surface area contributed by atoms with Crippen LogP contribution in [0.4, 0.5) is 17.5 Å². The van der Waals surface area contributed by atoms with E-state index in [1.807, 2.05) is 24.3 Å². The van der Waals surface area contributed by atoms with Crippen LogP contribution in [0.3, 0.4) is 0 Å². The molecule has 0 aliphatic rings. The molecule has 7 heteroatoms. The minimum Gasteiger partial charge on any atom is -0.369 e. The fourth-order valence-electron chi connectivity index (χ4n) is 1.52. The molecule has 0 aliphatic carbocycles. The summed E-state index contributed by atoms with van der Waals surface area (Å²) in [5.74, 6) is 1.10. The van der Waals surface area contributed by atoms with Crippen LogP contribution in [0.25, 0.3) is 0 Å². The largest absolute Gasteiger partial charge is 0.369 e. The van der Waals surface area contributed by atoms with E-state index in [1.54, 1.807) is 6.20 Å². The van der Waals surface area contributed by atoms with Gasteiger partial charge in [-0.15, -0.1) is 0 Å². The van der Waals surface area contributed by atoms with Crippen LogP contribution in [-0.4, -0.2) is 23.1 Å². The van der Waals surface area contributed by atoms with Gasteiger partial charge in [-0.25, -0.2) is 4.98 Å². The monoisotopic (exact) mass is 355 g/mol. The summed E-state index contributed by atoms with van der Waals surface area (Å²) in [5, 5.41) is 6.75. The van der Waals surface area contributed by atoms with Crippen LogP contribution in [0, 0.1) is 0 Å². The molecule has 1 heterocycles. The van der Waals surface area contributed by atoms with Crippen molar-refractivity contribution in [1.29, 1.82) is 0 Å². The Morgan fingerprint density at radius 1 is 1.25 bits per heavy atom. The quantitative estimate of drug-likeness (QED) is 0.692. The van der Waals surface area contributed by atoms with Gasteiger partial charge in [-0.1, -0.05) is 27.5 Å². The van der Waals surface area contributed by atoms with Gasteiger partial charge in [-0.05, 0) is 37.2 Å². The van der Waals surface area contributed by atoms with E-state index < -0.39 is 0 Å². The fourth-order valence-corrected chi connectivity index (χ4v) is 1.94. The Morgan fingerprint density at radius 2 is 2.00 bits per heavy atom. The summed E-state index contributed by atoms with van der Waals surface area (Å²) in [5.41, 5.74) is 6.36. The smallest absolute Gasteiger partial charge is 0.229 e. The first-order valence-electron chi connectivity index (χ1n) is 6.18. The summed E-state index contributed by atoms with van der Waals surface area (Å²) in [6.45, 7) is 1.35. The maximum atomic E-state index is 6.05. The molecule has 0 aliphatic heterocycles. The van der Waals surface area contributed by atoms with Crippen molar-refractivity contribution in [2.24, 2.45) is 5.73 Å². The van der Waals surface area contributed by atoms with Crippen LogP contribution in [-0.2, 0) is 0 Å². The van der Waals surface area contributed by atoms with E-state index in [1.165, 1.54) is 0 Å². The van der Waals surface area contributed by atoms with Crippen molar-refractivity contribution in [3.63, 3.8) is 0 Å². The number of benzene rings is 1. The Labute approximate surface area is 131 Å². The summed E-state index contributed by atoms with van der Waals surface area (Å²) in [7, 11) is 0. The first-order chi connectivity index (χ1) is 9.69. The highest BCUT2D eigenvalue weighted by Crippen LogP contribution is 2.22. The number of nitrogens with zero attached hydrogens (tertiary/aromatic N) is 2. The number of rotatable bonds is 6. The molecule has 0 radical (unpaired) electrons. The maximum absolute atomic E-state index is 6.05. The highest BCUT2D eigenvalue weighted by atomic mass is 79.9. The Morgan fingerprint density at radius 3 is 2.70 bits per heavy atom. The lowest BCUT2D eigenvalue weighted by Crippen LogP contribution is -2.10.